The highest BCUT2D eigenvalue weighted by Gasteiger charge is 2.25. The summed E-state index contributed by atoms with van der Waals surface area (Å²) in [7, 11) is -0.704. The lowest BCUT2D eigenvalue weighted by atomic mass is 10.1. The molecule has 0 aromatic carbocycles. The molecule has 1 rings (SSSR count). The Morgan fingerprint density at radius 3 is 2.44 bits per heavy atom. The van der Waals surface area contributed by atoms with Gasteiger partial charge < -0.3 is 5.73 Å². The van der Waals surface area contributed by atoms with Crippen molar-refractivity contribution in [2.75, 3.05) is 5.75 Å². The van der Waals surface area contributed by atoms with E-state index in [1.165, 1.54) is 25.7 Å². The summed E-state index contributed by atoms with van der Waals surface area (Å²) in [4.78, 5) is 0. The van der Waals surface area contributed by atoms with E-state index < -0.39 is 10.8 Å². The van der Waals surface area contributed by atoms with Crippen molar-refractivity contribution in [2.45, 2.75) is 70.1 Å². The first-order valence-corrected chi connectivity index (χ1v) is 8.20. The van der Waals surface area contributed by atoms with Crippen LogP contribution in [0.1, 0.15) is 58.8 Å². The van der Waals surface area contributed by atoms with E-state index >= 15 is 0 Å². The summed E-state index contributed by atoms with van der Waals surface area (Å²) in [5, 5.41) is 0.223. The highest BCUT2D eigenvalue weighted by Crippen LogP contribution is 2.26. The third-order valence-electron chi connectivity index (χ3n) is 3.71. The van der Waals surface area contributed by atoms with Gasteiger partial charge in [-0.15, -0.1) is 0 Å². The minimum absolute atomic E-state index is 0.136. The minimum Gasteiger partial charge on any atom is -0.327 e. The molecule has 3 atom stereocenters. The van der Waals surface area contributed by atoms with Gasteiger partial charge in [0.15, 0.2) is 0 Å². The van der Waals surface area contributed by atoms with E-state index in [0.29, 0.717) is 5.92 Å². The molecule has 0 saturated heterocycles. The van der Waals surface area contributed by atoms with Gasteiger partial charge in [-0.05, 0) is 31.6 Å². The molecule has 16 heavy (non-hydrogen) atoms. The summed E-state index contributed by atoms with van der Waals surface area (Å²) < 4.78 is 12.3. The standard InChI is InChI=1S/C13H27NOS/c1-3-7-12(14)13(4-2)16(15)10-11-8-5-6-9-11/h11-13H,3-10,14H2,1-2H3. The minimum atomic E-state index is -0.704. The zero-order valence-corrected chi connectivity index (χ0v) is 11.6. The molecule has 0 bridgehead atoms. The van der Waals surface area contributed by atoms with E-state index in [9.17, 15) is 4.21 Å². The number of hydrogen-bond donors (Lipinski definition) is 1. The van der Waals surface area contributed by atoms with Crippen LogP contribution in [0.2, 0.25) is 0 Å². The Morgan fingerprint density at radius 2 is 1.94 bits per heavy atom. The molecule has 2 N–H and O–H groups in total. The molecule has 1 fully saturated rings. The molecular weight excluding hydrogens is 218 g/mol. The normalized spacial score (nSPS) is 23.2. The molecule has 2 nitrogen and oxygen atoms in total. The molecule has 0 aliphatic heterocycles. The average molecular weight is 245 g/mol. The van der Waals surface area contributed by atoms with E-state index in [2.05, 4.69) is 13.8 Å². The third kappa shape index (κ3) is 4.17. The molecule has 0 heterocycles. The Bertz CT molecular complexity index is 214. The van der Waals surface area contributed by atoms with Gasteiger partial charge in [0.05, 0.1) is 0 Å². The van der Waals surface area contributed by atoms with Crippen molar-refractivity contribution >= 4 is 10.8 Å². The van der Waals surface area contributed by atoms with Gasteiger partial charge in [-0.3, -0.25) is 4.21 Å². The monoisotopic (exact) mass is 245 g/mol. The van der Waals surface area contributed by atoms with Crippen LogP contribution in [0.4, 0.5) is 0 Å². The SMILES string of the molecule is CCCC(N)C(CC)S(=O)CC1CCCC1. The van der Waals surface area contributed by atoms with Crippen LogP contribution in [-0.2, 0) is 10.8 Å². The lowest BCUT2D eigenvalue weighted by molar-refractivity contribution is 0.540. The highest BCUT2D eigenvalue weighted by atomic mass is 32.2. The summed E-state index contributed by atoms with van der Waals surface area (Å²) in [5.41, 5.74) is 6.12. The fourth-order valence-electron chi connectivity index (χ4n) is 2.74. The van der Waals surface area contributed by atoms with E-state index in [1.54, 1.807) is 0 Å². The van der Waals surface area contributed by atoms with Gasteiger partial charge >= 0.3 is 0 Å². The van der Waals surface area contributed by atoms with Crippen molar-refractivity contribution in [3.8, 4) is 0 Å². The maximum absolute atomic E-state index is 12.3. The summed E-state index contributed by atoms with van der Waals surface area (Å²) in [5.74, 6) is 1.61. The van der Waals surface area contributed by atoms with Crippen LogP contribution >= 0.6 is 0 Å². The third-order valence-corrected chi connectivity index (χ3v) is 5.87. The predicted octanol–water partition coefficient (Wildman–Crippen LogP) is 2.83. The molecule has 0 aromatic heterocycles. The van der Waals surface area contributed by atoms with E-state index in [4.69, 9.17) is 5.73 Å². The Balaban J connectivity index is 2.41. The second-order valence-electron chi connectivity index (χ2n) is 5.10. The molecule has 1 saturated carbocycles. The number of rotatable bonds is 7. The molecule has 0 amide bonds. The van der Waals surface area contributed by atoms with Gasteiger partial charge in [-0.2, -0.15) is 0 Å². The van der Waals surface area contributed by atoms with Gasteiger partial charge in [0, 0.05) is 27.8 Å². The summed E-state index contributed by atoms with van der Waals surface area (Å²) in [6.07, 6.45) is 8.30. The molecule has 96 valence electrons. The van der Waals surface area contributed by atoms with Gasteiger partial charge in [0.1, 0.15) is 0 Å². The first kappa shape index (κ1) is 14.2. The van der Waals surface area contributed by atoms with Crippen LogP contribution in [0, 0.1) is 5.92 Å². The highest BCUT2D eigenvalue weighted by molar-refractivity contribution is 7.85. The van der Waals surface area contributed by atoms with Gasteiger partial charge in [-0.1, -0.05) is 33.1 Å². The van der Waals surface area contributed by atoms with E-state index in [1.807, 2.05) is 0 Å². The van der Waals surface area contributed by atoms with Crippen molar-refractivity contribution in [3.63, 3.8) is 0 Å². The van der Waals surface area contributed by atoms with Crippen molar-refractivity contribution in [1.29, 1.82) is 0 Å². The summed E-state index contributed by atoms with van der Waals surface area (Å²) in [6, 6.07) is 0.136. The topological polar surface area (TPSA) is 43.1 Å². The molecule has 1 aliphatic rings. The Morgan fingerprint density at radius 1 is 1.31 bits per heavy atom. The Labute approximate surface area is 103 Å². The van der Waals surface area contributed by atoms with Gasteiger partial charge in [0.25, 0.3) is 0 Å². The van der Waals surface area contributed by atoms with Crippen LogP contribution in [0.25, 0.3) is 0 Å². The van der Waals surface area contributed by atoms with Crippen LogP contribution in [0.3, 0.4) is 0 Å². The summed E-state index contributed by atoms with van der Waals surface area (Å²) >= 11 is 0. The molecule has 0 spiro atoms. The van der Waals surface area contributed by atoms with Crippen LogP contribution in [0.15, 0.2) is 0 Å². The van der Waals surface area contributed by atoms with Crippen molar-refractivity contribution in [2.24, 2.45) is 11.7 Å². The fourth-order valence-corrected chi connectivity index (χ4v) is 4.68. The second-order valence-corrected chi connectivity index (χ2v) is 6.80. The Hall–Kier alpha value is 0.110. The van der Waals surface area contributed by atoms with E-state index in [-0.39, 0.29) is 11.3 Å². The maximum atomic E-state index is 12.3. The lowest BCUT2D eigenvalue weighted by Crippen LogP contribution is -2.38. The van der Waals surface area contributed by atoms with Crippen molar-refractivity contribution < 1.29 is 4.21 Å². The molecular formula is C13H27NOS. The van der Waals surface area contributed by atoms with Gasteiger partial charge in [0.2, 0.25) is 0 Å². The molecule has 0 aromatic rings. The van der Waals surface area contributed by atoms with Crippen LogP contribution in [-0.4, -0.2) is 21.3 Å². The first-order chi connectivity index (χ1) is 7.69. The molecule has 3 unspecified atom stereocenters. The fraction of sp³-hybridized carbons (Fsp3) is 1.00. The zero-order chi connectivity index (χ0) is 12.0. The smallest absolute Gasteiger partial charge is 0.0496 e. The van der Waals surface area contributed by atoms with Crippen LogP contribution < -0.4 is 5.73 Å². The van der Waals surface area contributed by atoms with E-state index in [0.717, 1.165) is 25.0 Å². The molecule has 3 heteroatoms. The molecule has 0 radical (unpaired) electrons. The zero-order valence-electron chi connectivity index (χ0n) is 10.8. The van der Waals surface area contributed by atoms with Crippen LogP contribution in [0.5, 0.6) is 0 Å². The average Bonchev–Trinajstić information content (AvgIpc) is 2.71. The molecule has 1 aliphatic carbocycles. The first-order valence-electron chi connectivity index (χ1n) is 6.81. The largest absolute Gasteiger partial charge is 0.327 e. The quantitative estimate of drug-likeness (QED) is 0.749. The Kier molecular flexibility index (Phi) is 6.59. The number of hydrogen-bond acceptors (Lipinski definition) is 2. The number of nitrogens with two attached hydrogens (primary N) is 1. The van der Waals surface area contributed by atoms with Gasteiger partial charge in [-0.25, -0.2) is 0 Å². The van der Waals surface area contributed by atoms with Crippen molar-refractivity contribution in [1.82, 2.24) is 0 Å². The second kappa shape index (κ2) is 7.44. The summed E-state index contributed by atoms with van der Waals surface area (Å²) in [6.45, 7) is 4.26. The predicted molar refractivity (Wildman–Crippen MR) is 71.9 cm³/mol. The van der Waals surface area contributed by atoms with Crippen molar-refractivity contribution in [3.05, 3.63) is 0 Å². The maximum Gasteiger partial charge on any atom is 0.0496 e. The lowest BCUT2D eigenvalue weighted by Gasteiger charge is -2.23.